The van der Waals surface area contributed by atoms with E-state index in [2.05, 4.69) is 23.8 Å². The van der Waals surface area contributed by atoms with Crippen LogP contribution >= 0.6 is 0 Å². The van der Waals surface area contributed by atoms with E-state index in [1.165, 1.54) is 64.2 Å². The summed E-state index contributed by atoms with van der Waals surface area (Å²) in [6.45, 7) is 2.28. The second-order valence-corrected chi connectivity index (χ2v) is 10.4. The maximum absolute atomic E-state index is 13.7. The minimum Gasteiger partial charge on any atom is -0.225 e. The van der Waals surface area contributed by atoms with Gasteiger partial charge in [-0.25, -0.2) is 4.74 Å². The van der Waals surface area contributed by atoms with Gasteiger partial charge in [0, 0.05) is 0 Å². The summed E-state index contributed by atoms with van der Waals surface area (Å²) in [5.74, 6) is 2.16. The van der Waals surface area contributed by atoms with Gasteiger partial charge < -0.3 is 0 Å². The van der Waals surface area contributed by atoms with E-state index in [0.29, 0.717) is 18.8 Å². The van der Waals surface area contributed by atoms with Crippen LogP contribution in [-0.2, 0) is 4.74 Å². The van der Waals surface area contributed by atoms with E-state index >= 15 is 0 Å². The highest BCUT2D eigenvalue weighted by Gasteiger charge is 2.50. The number of ether oxygens (including phenoxy) is 1. The van der Waals surface area contributed by atoms with Crippen LogP contribution in [0.3, 0.4) is 0 Å². The van der Waals surface area contributed by atoms with Crippen molar-refractivity contribution >= 4 is 0 Å². The number of hydrogen-bond donors (Lipinski definition) is 0. The van der Waals surface area contributed by atoms with Gasteiger partial charge in [-0.15, -0.1) is 13.2 Å². The molecule has 3 fully saturated rings. The first kappa shape index (κ1) is 25.0. The summed E-state index contributed by atoms with van der Waals surface area (Å²) >= 11 is 0. The van der Waals surface area contributed by atoms with Crippen molar-refractivity contribution in [2.24, 2.45) is 35.5 Å². The molecule has 0 N–H and O–H groups in total. The lowest BCUT2D eigenvalue weighted by Gasteiger charge is -2.37. The molecule has 3 rings (SSSR count). The first-order chi connectivity index (χ1) is 14.7. The SMILES string of the molecule is CCCC1CCC(C2CCC(/C=C/C3CCC(C(F)(F)OC(F)(F)F)CC3)CC2)CC1. The molecule has 0 aromatic heterocycles. The smallest absolute Gasteiger partial charge is 0.225 e. The Morgan fingerprint density at radius 3 is 1.58 bits per heavy atom. The van der Waals surface area contributed by atoms with E-state index in [0.717, 1.165) is 17.8 Å². The van der Waals surface area contributed by atoms with Crippen LogP contribution in [0.25, 0.3) is 0 Å². The van der Waals surface area contributed by atoms with Crippen LogP contribution in [0.4, 0.5) is 22.0 Å². The van der Waals surface area contributed by atoms with Gasteiger partial charge in [0.2, 0.25) is 0 Å². The molecule has 0 radical (unpaired) electrons. The van der Waals surface area contributed by atoms with E-state index in [4.69, 9.17) is 0 Å². The normalized spacial score (nSPS) is 36.1. The molecule has 0 spiro atoms. The highest BCUT2D eigenvalue weighted by Crippen LogP contribution is 2.44. The molecule has 0 saturated heterocycles. The topological polar surface area (TPSA) is 9.23 Å². The molecule has 0 atom stereocenters. The monoisotopic (exact) mass is 450 g/mol. The average molecular weight is 451 g/mol. The van der Waals surface area contributed by atoms with Gasteiger partial charge in [-0.2, -0.15) is 8.78 Å². The lowest BCUT2D eigenvalue weighted by molar-refractivity contribution is -0.438. The number of hydrogen-bond acceptors (Lipinski definition) is 1. The molecule has 6 heteroatoms. The third kappa shape index (κ3) is 7.71. The summed E-state index contributed by atoms with van der Waals surface area (Å²) < 4.78 is 67.1. The highest BCUT2D eigenvalue weighted by molar-refractivity contribution is 4.97. The van der Waals surface area contributed by atoms with Crippen LogP contribution in [0, 0.1) is 35.5 Å². The number of rotatable bonds is 7. The lowest BCUT2D eigenvalue weighted by Crippen LogP contribution is -2.38. The van der Waals surface area contributed by atoms with Crippen LogP contribution < -0.4 is 0 Å². The Labute approximate surface area is 184 Å². The number of allylic oxidation sites excluding steroid dienone is 2. The minimum atomic E-state index is -5.30. The van der Waals surface area contributed by atoms with Gasteiger partial charge in [0.05, 0.1) is 5.92 Å². The highest BCUT2D eigenvalue weighted by atomic mass is 19.4. The Bertz CT molecular complexity index is 549. The average Bonchev–Trinajstić information content (AvgIpc) is 2.72. The van der Waals surface area contributed by atoms with Crippen molar-refractivity contribution < 1.29 is 26.7 Å². The summed E-state index contributed by atoms with van der Waals surface area (Å²) in [5.41, 5.74) is 0. The van der Waals surface area contributed by atoms with Crippen LogP contribution in [0.5, 0.6) is 0 Å². The fraction of sp³-hybridized carbons (Fsp3) is 0.920. The third-order valence-corrected chi connectivity index (χ3v) is 8.23. The van der Waals surface area contributed by atoms with Crippen molar-refractivity contribution in [1.82, 2.24) is 0 Å². The predicted molar refractivity (Wildman–Crippen MR) is 112 cm³/mol. The molecule has 3 aliphatic carbocycles. The maximum Gasteiger partial charge on any atom is 0.527 e. The zero-order chi connectivity index (χ0) is 22.5. The summed E-state index contributed by atoms with van der Waals surface area (Å²) in [6.07, 6.45) is 9.50. The van der Waals surface area contributed by atoms with Gasteiger partial charge in [0.15, 0.2) is 0 Å². The van der Waals surface area contributed by atoms with Gasteiger partial charge in [0.25, 0.3) is 0 Å². The standard InChI is InChI=1S/C25H39F5O/c1-2-3-18-6-12-21(13-7-18)22-14-8-19(9-15-22)4-5-20-10-16-23(17-11-20)24(26,27)31-25(28,29)30/h4-5,18-23H,2-3,6-17H2,1H3/b5-4+. The van der Waals surface area contributed by atoms with Crippen LogP contribution in [0.15, 0.2) is 12.2 Å². The van der Waals surface area contributed by atoms with Crippen LogP contribution in [0.2, 0.25) is 0 Å². The van der Waals surface area contributed by atoms with Gasteiger partial charge in [-0.1, -0.05) is 44.8 Å². The Morgan fingerprint density at radius 1 is 0.677 bits per heavy atom. The molecule has 0 aromatic rings. The first-order valence-electron chi connectivity index (χ1n) is 12.5. The molecule has 0 heterocycles. The fourth-order valence-electron chi connectivity index (χ4n) is 6.37. The Hall–Kier alpha value is -0.650. The number of halogens is 5. The van der Waals surface area contributed by atoms with Crippen molar-refractivity contribution in [2.45, 2.75) is 109 Å². The Morgan fingerprint density at radius 2 is 1.13 bits per heavy atom. The first-order valence-corrected chi connectivity index (χ1v) is 12.5. The van der Waals surface area contributed by atoms with Crippen molar-refractivity contribution in [3.8, 4) is 0 Å². The lowest BCUT2D eigenvalue weighted by atomic mass is 9.68. The van der Waals surface area contributed by atoms with E-state index < -0.39 is 18.4 Å². The second-order valence-electron chi connectivity index (χ2n) is 10.4. The van der Waals surface area contributed by atoms with E-state index in [1.807, 2.05) is 0 Å². The molecular weight excluding hydrogens is 411 g/mol. The van der Waals surface area contributed by atoms with E-state index in [-0.39, 0.29) is 18.8 Å². The van der Waals surface area contributed by atoms with Gasteiger partial charge >= 0.3 is 12.5 Å². The molecule has 3 saturated carbocycles. The summed E-state index contributed by atoms with van der Waals surface area (Å²) in [7, 11) is 0. The van der Waals surface area contributed by atoms with E-state index in [1.54, 1.807) is 0 Å². The predicted octanol–water partition coefficient (Wildman–Crippen LogP) is 8.89. The summed E-state index contributed by atoms with van der Waals surface area (Å²) in [4.78, 5) is 0. The maximum atomic E-state index is 13.7. The summed E-state index contributed by atoms with van der Waals surface area (Å²) in [5, 5.41) is 0. The molecule has 0 unspecified atom stereocenters. The van der Waals surface area contributed by atoms with Gasteiger partial charge in [-0.3, -0.25) is 0 Å². The van der Waals surface area contributed by atoms with Crippen LogP contribution in [-0.4, -0.2) is 12.5 Å². The molecule has 31 heavy (non-hydrogen) atoms. The fourth-order valence-corrected chi connectivity index (χ4v) is 6.37. The molecule has 0 bridgehead atoms. The molecule has 180 valence electrons. The Kier molecular flexibility index (Phi) is 8.85. The van der Waals surface area contributed by atoms with Gasteiger partial charge in [0.1, 0.15) is 0 Å². The third-order valence-electron chi connectivity index (χ3n) is 8.23. The molecule has 0 amide bonds. The Balaban J connectivity index is 1.36. The molecule has 1 nitrogen and oxygen atoms in total. The molecule has 0 aliphatic heterocycles. The van der Waals surface area contributed by atoms with Crippen molar-refractivity contribution in [1.29, 1.82) is 0 Å². The van der Waals surface area contributed by atoms with E-state index in [9.17, 15) is 22.0 Å². The zero-order valence-electron chi connectivity index (χ0n) is 18.8. The van der Waals surface area contributed by atoms with Crippen molar-refractivity contribution in [3.05, 3.63) is 12.2 Å². The molecule has 0 aromatic carbocycles. The minimum absolute atomic E-state index is 0.0749. The molecule has 3 aliphatic rings. The zero-order valence-corrected chi connectivity index (χ0v) is 18.8. The second kappa shape index (κ2) is 11.0. The quantitative estimate of drug-likeness (QED) is 0.278. The summed E-state index contributed by atoms with van der Waals surface area (Å²) in [6, 6.07) is 0. The van der Waals surface area contributed by atoms with Crippen molar-refractivity contribution in [2.75, 3.05) is 0 Å². The molecular formula is C25H39F5O. The number of alkyl halides is 5. The van der Waals surface area contributed by atoms with Crippen LogP contribution in [0.1, 0.15) is 96.8 Å². The largest absolute Gasteiger partial charge is 0.527 e. The van der Waals surface area contributed by atoms with Crippen molar-refractivity contribution in [3.63, 3.8) is 0 Å². The van der Waals surface area contributed by atoms with Gasteiger partial charge in [-0.05, 0) is 93.8 Å².